The van der Waals surface area contributed by atoms with Gasteiger partial charge in [0, 0.05) is 6.04 Å². The van der Waals surface area contributed by atoms with Crippen LogP contribution in [0.15, 0.2) is 0 Å². The molecule has 3 nitrogen and oxygen atoms in total. The lowest BCUT2D eigenvalue weighted by molar-refractivity contribution is -0.119. The van der Waals surface area contributed by atoms with Gasteiger partial charge in [-0.3, -0.25) is 4.90 Å². The quantitative estimate of drug-likeness (QED) is 0.699. The largest absolute Gasteiger partial charge is 0.391 e. The number of fused-ring (bicyclic) bond motifs is 6. The molecule has 3 heteroatoms. The molecular formula is C24H39NO2. The Labute approximate surface area is 165 Å². The third-order valence-corrected chi connectivity index (χ3v) is 10.7. The van der Waals surface area contributed by atoms with Crippen LogP contribution < -0.4 is 0 Å². The molecule has 0 amide bonds. The molecular weight excluding hydrogens is 334 g/mol. The lowest BCUT2D eigenvalue weighted by Gasteiger charge is -2.59. The normalized spacial score (nSPS) is 60.1. The Hall–Kier alpha value is -0.120. The number of hydrogen-bond acceptors (Lipinski definition) is 3. The van der Waals surface area contributed by atoms with E-state index >= 15 is 0 Å². The number of ether oxygens (including phenoxy) is 1. The zero-order valence-electron chi connectivity index (χ0n) is 17.4. The van der Waals surface area contributed by atoms with Crippen LogP contribution in [-0.2, 0) is 4.74 Å². The van der Waals surface area contributed by atoms with Crippen molar-refractivity contribution in [2.24, 2.45) is 34.5 Å². The lowest BCUT2D eigenvalue weighted by atomic mass is 9.45. The topological polar surface area (TPSA) is 36.0 Å². The Morgan fingerprint density at radius 2 is 1.70 bits per heavy atom. The van der Waals surface area contributed by atoms with Crippen LogP contribution in [0.1, 0.15) is 78.1 Å². The van der Waals surface area contributed by atoms with Gasteiger partial charge >= 0.3 is 0 Å². The summed E-state index contributed by atoms with van der Waals surface area (Å²) >= 11 is 0. The van der Waals surface area contributed by atoms with E-state index in [0.29, 0.717) is 23.7 Å². The highest BCUT2D eigenvalue weighted by molar-refractivity contribution is 5.14. The minimum absolute atomic E-state index is 0.102. The molecule has 2 aliphatic heterocycles. The zero-order chi connectivity index (χ0) is 18.4. The van der Waals surface area contributed by atoms with Crippen LogP contribution in [0.25, 0.3) is 0 Å². The molecule has 0 aromatic heterocycles. The summed E-state index contributed by atoms with van der Waals surface area (Å²) in [4.78, 5) is 2.67. The maximum Gasteiger partial charge on any atom is 0.0847 e. The molecule has 5 unspecified atom stereocenters. The van der Waals surface area contributed by atoms with Crippen LogP contribution in [0.3, 0.4) is 0 Å². The molecule has 0 aromatic rings. The molecule has 2 saturated heterocycles. The Morgan fingerprint density at radius 1 is 0.889 bits per heavy atom. The average Bonchev–Trinajstić information content (AvgIpc) is 3.36. The van der Waals surface area contributed by atoms with Gasteiger partial charge < -0.3 is 9.84 Å². The van der Waals surface area contributed by atoms with Crippen molar-refractivity contribution in [1.29, 1.82) is 0 Å². The molecule has 27 heavy (non-hydrogen) atoms. The van der Waals surface area contributed by atoms with Gasteiger partial charge in [0.05, 0.1) is 18.3 Å². The second kappa shape index (κ2) is 5.95. The summed E-state index contributed by atoms with van der Waals surface area (Å²) in [5, 5.41) is 11.5. The van der Waals surface area contributed by atoms with E-state index in [0.717, 1.165) is 23.7 Å². The van der Waals surface area contributed by atoms with Crippen LogP contribution in [0.2, 0.25) is 0 Å². The van der Waals surface area contributed by atoms with Crippen molar-refractivity contribution in [2.45, 2.75) is 102 Å². The first-order chi connectivity index (χ1) is 13.0. The van der Waals surface area contributed by atoms with Crippen molar-refractivity contribution in [2.75, 3.05) is 13.1 Å². The number of nitrogens with zero attached hydrogens (tertiary/aromatic N) is 1. The number of aliphatic hydroxyl groups excluding tert-OH is 1. The van der Waals surface area contributed by atoms with Crippen molar-refractivity contribution in [3.8, 4) is 0 Å². The summed E-state index contributed by atoms with van der Waals surface area (Å²) in [6, 6.07) is 0.437. The maximum absolute atomic E-state index is 11.5. The van der Waals surface area contributed by atoms with Crippen LogP contribution in [0.4, 0.5) is 0 Å². The Balaban J connectivity index is 1.27. The standard InChI is InChI=1S/C24H39NO2/c1-23-9-8-17-16(7-6-15-12-20-21(27-20)14-24(15,17)2)18(23)13-19(22(23)26)25-10-4-3-5-11-25/h15-22,26H,3-14H2,1-2H3/t15?,16-,17-,18+,19?,20?,21?,22?,23+,24+/m1/s1. The highest BCUT2D eigenvalue weighted by atomic mass is 16.6. The summed E-state index contributed by atoms with van der Waals surface area (Å²) in [6.45, 7) is 7.53. The smallest absolute Gasteiger partial charge is 0.0847 e. The summed E-state index contributed by atoms with van der Waals surface area (Å²) in [5.74, 6) is 3.38. The van der Waals surface area contributed by atoms with Crippen molar-refractivity contribution >= 4 is 0 Å². The number of likely N-dealkylation sites (tertiary alicyclic amines) is 1. The molecule has 0 bridgehead atoms. The average molecular weight is 374 g/mol. The first-order valence-corrected chi connectivity index (χ1v) is 12.1. The minimum atomic E-state index is -0.102. The number of piperidine rings is 1. The van der Waals surface area contributed by atoms with E-state index in [2.05, 4.69) is 18.7 Å². The van der Waals surface area contributed by atoms with Gasteiger partial charge in [0.2, 0.25) is 0 Å². The van der Waals surface area contributed by atoms with E-state index in [1.807, 2.05) is 0 Å². The molecule has 0 spiro atoms. The minimum Gasteiger partial charge on any atom is -0.391 e. The van der Waals surface area contributed by atoms with Crippen molar-refractivity contribution in [3.63, 3.8) is 0 Å². The first-order valence-electron chi connectivity index (χ1n) is 12.1. The molecule has 0 aromatic carbocycles. The molecule has 6 rings (SSSR count). The summed E-state index contributed by atoms with van der Waals surface area (Å²) < 4.78 is 5.99. The SMILES string of the molecule is C[C@]12CC3OC3CC1CC[C@@H]1[C@H]2CC[C@]2(C)C(O)C(N3CCCCC3)C[C@@H]12. The molecule has 1 N–H and O–H groups in total. The third kappa shape index (κ3) is 2.43. The van der Waals surface area contributed by atoms with E-state index in [4.69, 9.17) is 4.74 Å². The molecule has 10 atom stereocenters. The monoisotopic (exact) mass is 373 g/mol. The number of epoxide rings is 1. The predicted molar refractivity (Wildman–Crippen MR) is 106 cm³/mol. The summed E-state index contributed by atoms with van der Waals surface area (Å²) in [6.07, 6.45) is 14.5. The number of hydrogen-bond donors (Lipinski definition) is 1. The highest BCUT2D eigenvalue weighted by Crippen LogP contribution is 2.68. The fraction of sp³-hybridized carbons (Fsp3) is 1.00. The molecule has 0 radical (unpaired) electrons. The van der Waals surface area contributed by atoms with Gasteiger partial charge in [-0.15, -0.1) is 0 Å². The third-order valence-electron chi connectivity index (χ3n) is 10.7. The lowest BCUT2D eigenvalue weighted by Crippen LogP contribution is -2.54. The second-order valence-corrected chi connectivity index (χ2v) is 11.7. The van der Waals surface area contributed by atoms with Crippen LogP contribution in [0.5, 0.6) is 0 Å². The highest BCUT2D eigenvalue weighted by Gasteiger charge is 2.65. The van der Waals surface area contributed by atoms with Gasteiger partial charge in [-0.1, -0.05) is 20.3 Å². The summed E-state index contributed by atoms with van der Waals surface area (Å²) in [5.41, 5.74) is 0.676. The van der Waals surface area contributed by atoms with Gasteiger partial charge in [0.1, 0.15) is 0 Å². The van der Waals surface area contributed by atoms with Crippen molar-refractivity contribution in [1.82, 2.24) is 4.90 Å². The van der Waals surface area contributed by atoms with Gasteiger partial charge in [-0.05, 0) is 105 Å². The van der Waals surface area contributed by atoms with Crippen LogP contribution in [-0.4, -0.2) is 47.4 Å². The molecule has 152 valence electrons. The van der Waals surface area contributed by atoms with Crippen molar-refractivity contribution < 1.29 is 9.84 Å². The van der Waals surface area contributed by atoms with Gasteiger partial charge in [-0.2, -0.15) is 0 Å². The maximum atomic E-state index is 11.5. The zero-order valence-corrected chi connectivity index (χ0v) is 17.4. The van der Waals surface area contributed by atoms with E-state index in [9.17, 15) is 5.11 Å². The van der Waals surface area contributed by atoms with Crippen LogP contribution in [0, 0.1) is 34.5 Å². The van der Waals surface area contributed by atoms with Crippen LogP contribution >= 0.6 is 0 Å². The first kappa shape index (κ1) is 17.7. The predicted octanol–water partition coefficient (Wildman–Crippen LogP) is 4.23. The molecule has 2 heterocycles. The number of rotatable bonds is 1. The summed E-state index contributed by atoms with van der Waals surface area (Å²) in [7, 11) is 0. The van der Waals surface area contributed by atoms with E-state index in [-0.39, 0.29) is 11.5 Å². The fourth-order valence-electron chi connectivity index (χ4n) is 9.11. The second-order valence-electron chi connectivity index (χ2n) is 11.7. The Morgan fingerprint density at radius 3 is 2.52 bits per heavy atom. The van der Waals surface area contributed by atoms with Gasteiger partial charge in [-0.25, -0.2) is 0 Å². The van der Waals surface area contributed by atoms with E-state index in [1.165, 1.54) is 77.3 Å². The Bertz CT molecular complexity index is 603. The molecule has 6 fully saturated rings. The van der Waals surface area contributed by atoms with Gasteiger partial charge in [0.25, 0.3) is 0 Å². The molecule has 4 saturated carbocycles. The molecule has 6 aliphatic rings. The number of aliphatic hydroxyl groups is 1. The van der Waals surface area contributed by atoms with E-state index in [1.54, 1.807) is 0 Å². The van der Waals surface area contributed by atoms with Crippen molar-refractivity contribution in [3.05, 3.63) is 0 Å². The van der Waals surface area contributed by atoms with Gasteiger partial charge in [0.15, 0.2) is 0 Å². The molecule has 4 aliphatic carbocycles. The fourth-order valence-corrected chi connectivity index (χ4v) is 9.11. The Kier molecular flexibility index (Phi) is 3.91. The van der Waals surface area contributed by atoms with E-state index < -0.39 is 0 Å².